The SMILES string of the molecule is CCN(Cc1nc2ccccc2c(=O)[nH]1)C(=O)/C=C/Sc1ccccc1. The van der Waals surface area contributed by atoms with Crippen molar-refractivity contribution in [2.45, 2.75) is 18.4 Å². The predicted octanol–water partition coefficient (Wildman–Crippen LogP) is 3.58. The molecule has 0 saturated carbocycles. The third kappa shape index (κ3) is 4.40. The van der Waals surface area contributed by atoms with Crippen LogP contribution in [0, 0.1) is 0 Å². The Morgan fingerprint density at radius 1 is 1.15 bits per heavy atom. The number of nitrogens with one attached hydrogen (secondary N) is 1. The van der Waals surface area contributed by atoms with Gasteiger partial charge in [0.25, 0.3) is 5.56 Å². The van der Waals surface area contributed by atoms with Crippen LogP contribution >= 0.6 is 11.8 Å². The van der Waals surface area contributed by atoms with Gasteiger partial charge in [0.1, 0.15) is 5.82 Å². The molecule has 0 aliphatic carbocycles. The molecule has 0 aliphatic heterocycles. The molecule has 0 fully saturated rings. The van der Waals surface area contributed by atoms with E-state index in [0.29, 0.717) is 23.3 Å². The van der Waals surface area contributed by atoms with E-state index in [1.54, 1.807) is 34.6 Å². The quantitative estimate of drug-likeness (QED) is 0.536. The molecule has 1 heterocycles. The fraction of sp³-hybridized carbons (Fsp3) is 0.150. The summed E-state index contributed by atoms with van der Waals surface area (Å²) in [6, 6.07) is 17.0. The van der Waals surface area contributed by atoms with Crippen molar-refractivity contribution in [3.63, 3.8) is 0 Å². The number of rotatable bonds is 6. The van der Waals surface area contributed by atoms with Crippen LogP contribution in [0.5, 0.6) is 0 Å². The van der Waals surface area contributed by atoms with Gasteiger partial charge in [0.15, 0.2) is 0 Å². The Bertz CT molecular complexity index is 983. The molecule has 1 aromatic heterocycles. The van der Waals surface area contributed by atoms with Crippen molar-refractivity contribution in [2.75, 3.05) is 6.54 Å². The zero-order valence-electron chi connectivity index (χ0n) is 14.4. The number of thioether (sulfide) groups is 1. The number of carbonyl (C=O) groups is 1. The van der Waals surface area contributed by atoms with Gasteiger partial charge in [0.05, 0.1) is 17.4 Å². The molecular formula is C20H19N3O2S. The van der Waals surface area contributed by atoms with Crippen molar-refractivity contribution >= 4 is 28.6 Å². The van der Waals surface area contributed by atoms with Crippen molar-refractivity contribution < 1.29 is 4.79 Å². The molecule has 6 heteroatoms. The number of hydrogen-bond acceptors (Lipinski definition) is 4. The highest BCUT2D eigenvalue weighted by molar-refractivity contribution is 8.02. The highest BCUT2D eigenvalue weighted by atomic mass is 32.2. The van der Waals surface area contributed by atoms with E-state index in [0.717, 1.165) is 4.90 Å². The third-order valence-electron chi connectivity index (χ3n) is 3.85. The van der Waals surface area contributed by atoms with E-state index in [1.165, 1.54) is 11.8 Å². The van der Waals surface area contributed by atoms with Crippen LogP contribution < -0.4 is 5.56 Å². The average molecular weight is 365 g/mol. The molecule has 0 spiro atoms. The summed E-state index contributed by atoms with van der Waals surface area (Å²) in [7, 11) is 0. The fourth-order valence-corrected chi connectivity index (χ4v) is 3.17. The molecule has 26 heavy (non-hydrogen) atoms. The fourth-order valence-electron chi connectivity index (χ4n) is 2.51. The normalized spacial score (nSPS) is 11.1. The second-order valence-corrected chi connectivity index (χ2v) is 6.60. The smallest absolute Gasteiger partial charge is 0.258 e. The van der Waals surface area contributed by atoms with Gasteiger partial charge in [-0.1, -0.05) is 42.1 Å². The van der Waals surface area contributed by atoms with Crippen LogP contribution in [0.2, 0.25) is 0 Å². The topological polar surface area (TPSA) is 66.1 Å². The lowest BCUT2D eigenvalue weighted by atomic mass is 10.2. The Morgan fingerprint density at radius 2 is 1.88 bits per heavy atom. The predicted molar refractivity (Wildman–Crippen MR) is 105 cm³/mol. The first-order valence-electron chi connectivity index (χ1n) is 8.32. The van der Waals surface area contributed by atoms with E-state index in [9.17, 15) is 9.59 Å². The number of nitrogens with zero attached hydrogens (tertiary/aromatic N) is 2. The van der Waals surface area contributed by atoms with Gasteiger partial charge < -0.3 is 9.88 Å². The summed E-state index contributed by atoms with van der Waals surface area (Å²) in [6.07, 6.45) is 1.54. The molecule has 0 saturated heterocycles. The molecule has 0 aliphatic rings. The number of likely N-dealkylation sites (N-methyl/N-ethyl adjacent to an activating group) is 1. The van der Waals surface area contributed by atoms with Gasteiger partial charge in [0, 0.05) is 17.5 Å². The van der Waals surface area contributed by atoms with Crippen LogP contribution in [0.4, 0.5) is 0 Å². The van der Waals surface area contributed by atoms with E-state index in [1.807, 2.05) is 43.3 Å². The van der Waals surface area contributed by atoms with Crippen molar-refractivity contribution in [1.29, 1.82) is 0 Å². The summed E-state index contributed by atoms with van der Waals surface area (Å²) in [5, 5.41) is 2.32. The Labute approximate surface area is 155 Å². The van der Waals surface area contributed by atoms with Gasteiger partial charge in [-0.2, -0.15) is 0 Å². The maximum Gasteiger partial charge on any atom is 0.258 e. The second kappa shape index (κ2) is 8.49. The lowest BCUT2D eigenvalue weighted by Gasteiger charge is -2.18. The molecule has 2 aromatic carbocycles. The third-order valence-corrected chi connectivity index (χ3v) is 4.67. The Balaban J connectivity index is 1.70. The number of hydrogen-bond donors (Lipinski definition) is 1. The number of amides is 1. The van der Waals surface area contributed by atoms with E-state index >= 15 is 0 Å². The van der Waals surface area contributed by atoms with Crippen molar-refractivity contribution in [3.8, 4) is 0 Å². The Kier molecular flexibility index (Phi) is 5.86. The van der Waals surface area contributed by atoms with Crippen molar-refractivity contribution in [3.05, 3.63) is 82.3 Å². The molecule has 1 amide bonds. The van der Waals surface area contributed by atoms with Gasteiger partial charge >= 0.3 is 0 Å². The standard InChI is InChI=1S/C20H19N3O2S/c1-2-23(19(24)12-13-26-15-8-4-3-5-9-15)14-18-21-17-11-7-6-10-16(17)20(25)22-18/h3-13H,2,14H2,1H3,(H,21,22,25)/b13-12+. The minimum absolute atomic E-state index is 0.119. The lowest BCUT2D eigenvalue weighted by Crippen LogP contribution is -2.30. The van der Waals surface area contributed by atoms with Crippen molar-refractivity contribution in [2.24, 2.45) is 0 Å². The summed E-state index contributed by atoms with van der Waals surface area (Å²) in [6.45, 7) is 2.68. The van der Waals surface area contributed by atoms with Crippen molar-refractivity contribution in [1.82, 2.24) is 14.9 Å². The number of benzene rings is 2. The monoisotopic (exact) mass is 365 g/mol. The highest BCUT2D eigenvalue weighted by Crippen LogP contribution is 2.18. The zero-order chi connectivity index (χ0) is 18.4. The summed E-state index contributed by atoms with van der Waals surface area (Å²) >= 11 is 1.49. The number of para-hydroxylation sites is 1. The number of aromatic nitrogens is 2. The molecule has 3 aromatic rings. The largest absolute Gasteiger partial charge is 0.332 e. The van der Waals surface area contributed by atoms with Gasteiger partial charge in [-0.3, -0.25) is 9.59 Å². The molecule has 0 bridgehead atoms. The van der Waals surface area contributed by atoms with E-state index < -0.39 is 0 Å². The van der Waals surface area contributed by atoms with Gasteiger partial charge in [0.2, 0.25) is 5.91 Å². The van der Waals surface area contributed by atoms with Crippen LogP contribution in [-0.4, -0.2) is 27.3 Å². The van der Waals surface area contributed by atoms with Gasteiger partial charge in [-0.15, -0.1) is 0 Å². The summed E-state index contributed by atoms with van der Waals surface area (Å²) in [5.74, 6) is 0.361. The molecule has 1 N–H and O–H groups in total. The first kappa shape index (κ1) is 17.9. The summed E-state index contributed by atoms with van der Waals surface area (Å²) in [4.78, 5) is 34.5. The lowest BCUT2D eigenvalue weighted by molar-refractivity contribution is -0.126. The first-order valence-corrected chi connectivity index (χ1v) is 9.20. The molecule has 0 unspecified atom stereocenters. The Morgan fingerprint density at radius 3 is 2.65 bits per heavy atom. The first-order chi connectivity index (χ1) is 12.7. The number of carbonyl (C=O) groups excluding carboxylic acids is 1. The average Bonchev–Trinajstić information content (AvgIpc) is 2.67. The highest BCUT2D eigenvalue weighted by Gasteiger charge is 2.12. The molecule has 0 radical (unpaired) electrons. The van der Waals surface area contributed by atoms with Crippen LogP contribution in [0.25, 0.3) is 10.9 Å². The molecule has 5 nitrogen and oxygen atoms in total. The van der Waals surface area contributed by atoms with Crippen LogP contribution in [0.15, 0.2) is 75.8 Å². The molecule has 132 valence electrons. The molecule has 0 atom stereocenters. The Hall–Kier alpha value is -2.86. The second-order valence-electron chi connectivity index (χ2n) is 5.62. The number of aromatic amines is 1. The summed E-state index contributed by atoms with van der Waals surface area (Å²) < 4.78 is 0. The molecule has 3 rings (SSSR count). The van der Waals surface area contributed by atoms with Crippen LogP contribution in [0.1, 0.15) is 12.7 Å². The van der Waals surface area contributed by atoms with E-state index in [4.69, 9.17) is 0 Å². The molecular weight excluding hydrogens is 346 g/mol. The van der Waals surface area contributed by atoms with Gasteiger partial charge in [-0.25, -0.2) is 4.98 Å². The van der Waals surface area contributed by atoms with E-state index in [-0.39, 0.29) is 18.0 Å². The van der Waals surface area contributed by atoms with Crippen LogP contribution in [0.3, 0.4) is 0 Å². The maximum absolute atomic E-state index is 12.4. The number of H-pyrrole nitrogens is 1. The summed E-state index contributed by atoms with van der Waals surface area (Å²) in [5.41, 5.74) is 0.439. The minimum atomic E-state index is -0.190. The number of fused-ring (bicyclic) bond motifs is 1. The van der Waals surface area contributed by atoms with Gasteiger partial charge in [-0.05, 0) is 36.6 Å². The maximum atomic E-state index is 12.4. The van der Waals surface area contributed by atoms with Crippen LogP contribution in [-0.2, 0) is 11.3 Å². The minimum Gasteiger partial charge on any atom is -0.332 e. The zero-order valence-corrected chi connectivity index (χ0v) is 15.2. The van der Waals surface area contributed by atoms with E-state index in [2.05, 4.69) is 9.97 Å².